The number of nitrogens with one attached hydrogen (secondary N) is 1. The summed E-state index contributed by atoms with van der Waals surface area (Å²) in [6.07, 6.45) is 3.74. The first-order valence-corrected chi connectivity index (χ1v) is 11.0. The molecule has 0 spiro atoms. The molecule has 1 aliphatic heterocycles. The number of aliphatic hydroxyl groups is 1. The number of thiazole rings is 1. The number of carbonyl (C=O) groups is 1. The predicted molar refractivity (Wildman–Crippen MR) is 111 cm³/mol. The van der Waals surface area contributed by atoms with Crippen LogP contribution in [0.3, 0.4) is 0 Å². The van der Waals surface area contributed by atoms with Gasteiger partial charge in [-0.3, -0.25) is 0 Å². The maximum atomic E-state index is 12.7. The minimum absolute atomic E-state index is 0.00840. The first-order valence-electron chi connectivity index (χ1n) is 10.1. The van der Waals surface area contributed by atoms with Crippen molar-refractivity contribution in [3.05, 3.63) is 23.7 Å². The van der Waals surface area contributed by atoms with Crippen LogP contribution in [0.1, 0.15) is 46.5 Å². The number of aromatic nitrogens is 1. The van der Waals surface area contributed by atoms with E-state index in [1.54, 1.807) is 11.3 Å². The summed E-state index contributed by atoms with van der Waals surface area (Å²) in [4.78, 5) is 18.9. The minimum Gasteiger partial charge on any atom is -0.484 e. The number of rotatable bonds is 4. The van der Waals surface area contributed by atoms with Crippen molar-refractivity contribution in [3.63, 3.8) is 0 Å². The Bertz CT molecular complexity index is 839. The van der Waals surface area contributed by atoms with E-state index in [0.717, 1.165) is 41.6 Å². The molecule has 2 aromatic rings. The van der Waals surface area contributed by atoms with Crippen LogP contribution in [0.15, 0.2) is 23.7 Å². The lowest BCUT2D eigenvalue weighted by Crippen LogP contribution is -2.65. The van der Waals surface area contributed by atoms with Gasteiger partial charge in [-0.1, -0.05) is 6.07 Å². The topological polar surface area (TPSA) is 74.7 Å². The van der Waals surface area contributed by atoms with Crippen molar-refractivity contribution in [3.8, 4) is 5.75 Å². The number of urea groups is 1. The molecule has 152 valence electrons. The molecule has 1 aromatic carbocycles. The van der Waals surface area contributed by atoms with Gasteiger partial charge in [0.2, 0.25) is 0 Å². The molecule has 7 heteroatoms. The number of hydrogen-bond donors (Lipinski definition) is 2. The average Bonchev–Trinajstić information content (AvgIpc) is 3.13. The lowest BCUT2D eigenvalue weighted by atomic mass is 9.77. The highest BCUT2D eigenvalue weighted by atomic mass is 32.1. The Balaban J connectivity index is 1.28. The number of amides is 2. The summed E-state index contributed by atoms with van der Waals surface area (Å²) in [6, 6.07) is 6.18. The van der Waals surface area contributed by atoms with Crippen LogP contribution in [-0.4, -0.2) is 51.4 Å². The molecule has 4 rings (SSSR count). The van der Waals surface area contributed by atoms with Crippen molar-refractivity contribution in [1.29, 1.82) is 0 Å². The quantitative estimate of drug-likeness (QED) is 0.815. The summed E-state index contributed by atoms with van der Waals surface area (Å²) < 4.78 is 7.26. The third-order valence-electron chi connectivity index (χ3n) is 6.32. The van der Waals surface area contributed by atoms with Crippen LogP contribution in [0.5, 0.6) is 5.75 Å². The molecule has 1 saturated carbocycles. The zero-order valence-electron chi connectivity index (χ0n) is 16.7. The van der Waals surface area contributed by atoms with Gasteiger partial charge in [0.25, 0.3) is 0 Å². The van der Waals surface area contributed by atoms with E-state index < -0.39 is 5.60 Å². The average molecular weight is 404 g/mol. The van der Waals surface area contributed by atoms with E-state index in [0.29, 0.717) is 12.5 Å². The Kier molecular flexibility index (Phi) is 5.22. The molecule has 2 amide bonds. The molecule has 2 fully saturated rings. The molecular formula is C21H29N3O3S. The summed E-state index contributed by atoms with van der Waals surface area (Å²) in [5.74, 6) is 1.11. The second-order valence-corrected chi connectivity index (χ2v) is 9.54. The van der Waals surface area contributed by atoms with E-state index in [1.807, 2.05) is 49.4 Å². The van der Waals surface area contributed by atoms with E-state index in [-0.39, 0.29) is 24.2 Å². The third kappa shape index (κ3) is 3.82. The Morgan fingerprint density at radius 3 is 2.75 bits per heavy atom. The summed E-state index contributed by atoms with van der Waals surface area (Å²) in [5, 5.41) is 13.3. The number of nitrogens with zero attached hydrogens (tertiary/aromatic N) is 2. The Hall–Kier alpha value is -1.86. The predicted octanol–water partition coefficient (Wildman–Crippen LogP) is 3.79. The van der Waals surface area contributed by atoms with Gasteiger partial charge in [-0.2, -0.15) is 0 Å². The SMILES string of the molecule is C[C@H]1[C@@H](Oc2cccc3scnc23)CN1C(=O)N[C@H]1CC[C@H](C(C)(C)O)CC1. The van der Waals surface area contributed by atoms with Gasteiger partial charge in [0.05, 0.1) is 28.4 Å². The molecule has 1 saturated heterocycles. The largest absolute Gasteiger partial charge is 0.484 e. The van der Waals surface area contributed by atoms with E-state index in [2.05, 4.69) is 10.3 Å². The van der Waals surface area contributed by atoms with Crippen molar-refractivity contribution < 1.29 is 14.6 Å². The lowest BCUT2D eigenvalue weighted by Gasteiger charge is -2.46. The van der Waals surface area contributed by atoms with Crippen LogP contribution in [0, 0.1) is 5.92 Å². The lowest BCUT2D eigenvalue weighted by molar-refractivity contribution is -0.0120. The van der Waals surface area contributed by atoms with Gasteiger partial charge >= 0.3 is 6.03 Å². The molecule has 0 bridgehead atoms. The molecule has 0 unspecified atom stereocenters. The minimum atomic E-state index is -0.633. The van der Waals surface area contributed by atoms with Crippen LogP contribution >= 0.6 is 11.3 Å². The first-order chi connectivity index (χ1) is 13.3. The zero-order chi connectivity index (χ0) is 19.9. The van der Waals surface area contributed by atoms with Gasteiger partial charge in [-0.25, -0.2) is 9.78 Å². The van der Waals surface area contributed by atoms with Crippen LogP contribution in [0.4, 0.5) is 4.79 Å². The van der Waals surface area contributed by atoms with Crippen LogP contribution in [-0.2, 0) is 0 Å². The molecule has 6 nitrogen and oxygen atoms in total. The number of para-hydroxylation sites is 1. The molecule has 1 aliphatic carbocycles. The second kappa shape index (κ2) is 7.52. The van der Waals surface area contributed by atoms with Crippen molar-refractivity contribution in [1.82, 2.24) is 15.2 Å². The number of fused-ring (bicyclic) bond motifs is 1. The number of hydrogen-bond acceptors (Lipinski definition) is 5. The van der Waals surface area contributed by atoms with Gasteiger partial charge < -0.3 is 20.1 Å². The van der Waals surface area contributed by atoms with Gasteiger partial charge in [0.1, 0.15) is 17.4 Å². The standard InChI is InChI=1S/C21H29N3O3S/c1-13-17(27-16-5-4-6-18-19(16)22-12-28-18)11-24(13)20(25)23-15-9-7-14(8-10-15)21(2,3)26/h4-6,12-15,17,26H,7-11H2,1-3H3,(H,23,25)/t13-,14-,15-,17-/m0/s1. The smallest absolute Gasteiger partial charge is 0.318 e. The highest BCUT2D eigenvalue weighted by molar-refractivity contribution is 7.16. The monoisotopic (exact) mass is 403 g/mol. The summed E-state index contributed by atoms with van der Waals surface area (Å²) >= 11 is 1.60. The van der Waals surface area contributed by atoms with E-state index >= 15 is 0 Å². The fourth-order valence-corrected chi connectivity index (χ4v) is 4.99. The van der Waals surface area contributed by atoms with Gasteiger partial charge in [0, 0.05) is 6.04 Å². The summed E-state index contributed by atoms with van der Waals surface area (Å²) in [5.41, 5.74) is 2.09. The van der Waals surface area contributed by atoms with Crippen molar-refractivity contribution in [2.75, 3.05) is 6.54 Å². The van der Waals surface area contributed by atoms with Crippen LogP contribution in [0.25, 0.3) is 10.2 Å². The maximum Gasteiger partial charge on any atom is 0.318 e. The Morgan fingerprint density at radius 2 is 2.07 bits per heavy atom. The zero-order valence-corrected chi connectivity index (χ0v) is 17.5. The van der Waals surface area contributed by atoms with Crippen LogP contribution < -0.4 is 10.1 Å². The van der Waals surface area contributed by atoms with Gasteiger partial charge in [0.15, 0.2) is 0 Å². The highest BCUT2D eigenvalue weighted by Gasteiger charge is 2.41. The third-order valence-corrected chi connectivity index (χ3v) is 7.12. The number of ether oxygens (including phenoxy) is 1. The number of likely N-dealkylation sites (tertiary alicyclic amines) is 1. The highest BCUT2D eigenvalue weighted by Crippen LogP contribution is 2.33. The normalized spacial score (nSPS) is 28.1. The molecule has 2 aliphatic rings. The molecule has 1 aromatic heterocycles. The van der Waals surface area contributed by atoms with Crippen molar-refractivity contribution >= 4 is 27.6 Å². The Labute approximate surface area is 169 Å². The fourth-order valence-electron chi connectivity index (χ4n) is 4.30. The summed E-state index contributed by atoms with van der Waals surface area (Å²) in [7, 11) is 0. The number of benzene rings is 1. The molecule has 2 N–H and O–H groups in total. The molecule has 28 heavy (non-hydrogen) atoms. The van der Waals surface area contributed by atoms with E-state index in [4.69, 9.17) is 4.74 Å². The molecular weight excluding hydrogens is 374 g/mol. The Morgan fingerprint density at radius 1 is 1.32 bits per heavy atom. The molecule has 0 radical (unpaired) electrons. The maximum absolute atomic E-state index is 12.7. The summed E-state index contributed by atoms with van der Waals surface area (Å²) in [6.45, 7) is 6.38. The first kappa shape index (κ1) is 19.5. The van der Waals surface area contributed by atoms with Gasteiger partial charge in [-0.05, 0) is 64.5 Å². The molecule has 2 heterocycles. The van der Waals surface area contributed by atoms with Gasteiger partial charge in [-0.15, -0.1) is 11.3 Å². The number of carbonyl (C=O) groups excluding carboxylic acids is 1. The van der Waals surface area contributed by atoms with Crippen molar-refractivity contribution in [2.24, 2.45) is 5.92 Å². The van der Waals surface area contributed by atoms with Crippen LogP contribution in [0.2, 0.25) is 0 Å². The molecule has 2 atom stereocenters. The second-order valence-electron chi connectivity index (χ2n) is 8.66. The fraction of sp³-hybridized carbons (Fsp3) is 0.619. The van der Waals surface area contributed by atoms with E-state index in [9.17, 15) is 9.90 Å². The van der Waals surface area contributed by atoms with Crippen molar-refractivity contribution in [2.45, 2.75) is 70.2 Å². The van der Waals surface area contributed by atoms with E-state index in [1.165, 1.54) is 0 Å².